The van der Waals surface area contributed by atoms with Crippen molar-refractivity contribution in [2.24, 2.45) is 0 Å². The molecule has 0 atom stereocenters. The first-order valence-electron chi connectivity index (χ1n) is 2.24. The molecule has 0 N–H and O–H groups in total. The molecular formula is C3H8B2F. The minimum atomic E-state index is -0.690. The Balaban J connectivity index is 2.75. The fourth-order valence-electron chi connectivity index (χ4n) is 0.236. The zero-order valence-corrected chi connectivity index (χ0v) is 4.24. The first-order chi connectivity index (χ1) is 2.81. The van der Waals surface area contributed by atoms with Gasteiger partial charge in [-0.15, -0.1) is 0 Å². The summed E-state index contributed by atoms with van der Waals surface area (Å²) in [6.07, 6.45) is 0.608. The van der Waals surface area contributed by atoms with Gasteiger partial charge in [0.05, 0.1) is 0 Å². The second kappa shape index (κ2) is 3.26. The molecule has 0 aliphatic rings. The van der Waals surface area contributed by atoms with Crippen LogP contribution in [0.25, 0.3) is 0 Å². The molecule has 6 heavy (non-hydrogen) atoms. The van der Waals surface area contributed by atoms with Crippen molar-refractivity contribution in [3.63, 3.8) is 0 Å². The Morgan fingerprint density at radius 3 is 2.33 bits per heavy atom. The van der Waals surface area contributed by atoms with Gasteiger partial charge in [-0.05, 0) is 0 Å². The Morgan fingerprint density at radius 2 is 2.33 bits per heavy atom. The van der Waals surface area contributed by atoms with Crippen molar-refractivity contribution in [1.82, 2.24) is 0 Å². The fourth-order valence-corrected chi connectivity index (χ4v) is 0.236. The van der Waals surface area contributed by atoms with Crippen LogP contribution in [0.2, 0.25) is 13.1 Å². The summed E-state index contributed by atoms with van der Waals surface area (Å²) in [5, 5.41) is 0. The predicted octanol–water partition coefficient (Wildman–Crippen LogP) is 1.22. The average Bonchev–Trinajstić information content (AvgIpc) is 1.65. The van der Waals surface area contributed by atoms with Crippen molar-refractivity contribution in [3.8, 4) is 0 Å². The molecule has 0 nitrogen and oxygen atoms in total. The first kappa shape index (κ1) is 6.06. The lowest BCUT2D eigenvalue weighted by atomic mass is 9.35. The lowest BCUT2D eigenvalue weighted by molar-refractivity contribution is 0.850. The standard InChI is InChI=1S/C3H8B2F/c1-3-5(6)4-2/h3H2,1-2H3. The van der Waals surface area contributed by atoms with E-state index in [0.29, 0.717) is 6.32 Å². The molecule has 0 bridgehead atoms. The minimum Gasteiger partial charge on any atom is -0.348 e. The number of hydrogen-bond donors (Lipinski definition) is 0. The maximum absolute atomic E-state index is 11.8. The molecule has 0 heterocycles. The van der Waals surface area contributed by atoms with Crippen molar-refractivity contribution >= 4 is 14.1 Å². The monoisotopic (exact) mass is 85.1 g/mol. The SMILES string of the molecule is C[B]B(F)CC. The molecule has 1 radical (unpaired) electrons. The van der Waals surface area contributed by atoms with E-state index in [1.807, 2.05) is 6.92 Å². The first-order valence-corrected chi connectivity index (χ1v) is 2.24. The maximum atomic E-state index is 11.8. The van der Waals surface area contributed by atoms with E-state index in [2.05, 4.69) is 0 Å². The molecule has 0 aromatic heterocycles. The summed E-state index contributed by atoms with van der Waals surface area (Å²) in [7, 11) is 1.56. The fraction of sp³-hybridized carbons (Fsp3) is 1.00. The summed E-state index contributed by atoms with van der Waals surface area (Å²) >= 11 is 0. The van der Waals surface area contributed by atoms with Gasteiger partial charge in [0.25, 0.3) is 0 Å². The molecule has 0 saturated heterocycles. The quantitative estimate of drug-likeness (QED) is 0.442. The van der Waals surface area contributed by atoms with Gasteiger partial charge in [0.2, 0.25) is 0 Å². The zero-order valence-electron chi connectivity index (χ0n) is 4.24. The Morgan fingerprint density at radius 1 is 1.83 bits per heavy atom. The van der Waals surface area contributed by atoms with Crippen LogP contribution in [0.3, 0.4) is 0 Å². The third-order valence-electron chi connectivity index (χ3n) is 0.752. The van der Waals surface area contributed by atoms with Gasteiger partial charge in [0, 0.05) is 0 Å². The van der Waals surface area contributed by atoms with Crippen LogP contribution in [-0.4, -0.2) is 14.1 Å². The van der Waals surface area contributed by atoms with Crippen LogP contribution in [0.15, 0.2) is 0 Å². The molecule has 0 unspecified atom stereocenters. The third-order valence-corrected chi connectivity index (χ3v) is 0.752. The Bertz CT molecular complexity index is 28.0. The van der Waals surface area contributed by atoms with Gasteiger partial charge in [-0.1, -0.05) is 20.1 Å². The summed E-state index contributed by atoms with van der Waals surface area (Å²) in [6.45, 7) is 2.86. The highest BCUT2D eigenvalue weighted by Gasteiger charge is 2.04. The van der Waals surface area contributed by atoms with Crippen LogP contribution >= 0.6 is 0 Å². The Kier molecular flexibility index (Phi) is 3.29. The van der Waals surface area contributed by atoms with E-state index >= 15 is 0 Å². The molecule has 0 fully saturated rings. The molecule has 0 aromatic rings. The molecule has 0 aromatic carbocycles. The van der Waals surface area contributed by atoms with Crippen molar-refractivity contribution in [2.75, 3.05) is 0 Å². The highest BCUT2D eigenvalue weighted by atomic mass is 19.1. The molecule has 0 spiro atoms. The minimum absolute atomic E-state index is 0.608. The van der Waals surface area contributed by atoms with Gasteiger partial charge in [-0.2, -0.15) is 0 Å². The summed E-state index contributed by atoms with van der Waals surface area (Å²) in [4.78, 5) is 0. The van der Waals surface area contributed by atoms with E-state index in [-0.39, 0.29) is 0 Å². The zero-order chi connectivity index (χ0) is 4.99. The van der Waals surface area contributed by atoms with Crippen molar-refractivity contribution in [1.29, 1.82) is 0 Å². The van der Waals surface area contributed by atoms with Crippen molar-refractivity contribution in [3.05, 3.63) is 0 Å². The van der Waals surface area contributed by atoms with Crippen LogP contribution < -0.4 is 0 Å². The molecule has 0 saturated carbocycles. The van der Waals surface area contributed by atoms with E-state index in [1.165, 1.54) is 0 Å². The highest BCUT2D eigenvalue weighted by molar-refractivity contribution is 7.08. The highest BCUT2D eigenvalue weighted by Crippen LogP contribution is 1.86. The number of rotatable bonds is 2. The Labute approximate surface area is 39.5 Å². The molecule has 0 aliphatic heterocycles. The van der Waals surface area contributed by atoms with Gasteiger partial charge < -0.3 is 4.32 Å². The molecule has 33 valence electrons. The van der Waals surface area contributed by atoms with Gasteiger partial charge in [0.1, 0.15) is 7.17 Å². The van der Waals surface area contributed by atoms with Gasteiger partial charge in [-0.25, -0.2) is 0 Å². The topological polar surface area (TPSA) is 0 Å². The summed E-state index contributed by atoms with van der Waals surface area (Å²) in [5.41, 5.74) is 0. The van der Waals surface area contributed by atoms with E-state index in [0.717, 1.165) is 0 Å². The van der Waals surface area contributed by atoms with Crippen LogP contribution in [0.1, 0.15) is 6.92 Å². The molecule has 0 amide bonds. The number of hydrogen-bond acceptors (Lipinski definition) is 0. The summed E-state index contributed by atoms with van der Waals surface area (Å²) < 4.78 is 11.8. The van der Waals surface area contributed by atoms with Crippen LogP contribution in [0.4, 0.5) is 4.32 Å². The molecule has 0 rings (SSSR count). The smallest absolute Gasteiger partial charge is 0.301 e. The lowest BCUT2D eigenvalue weighted by Crippen LogP contribution is -2.09. The lowest BCUT2D eigenvalue weighted by Gasteiger charge is -1.86. The second-order valence-electron chi connectivity index (χ2n) is 1.26. The molecule has 3 heteroatoms. The maximum Gasteiger partial charge on any atom is 0.301 e. The summed E-state index contributed by atoms with van der Waals surface area (Å²) in [6, 6.07) is 0. The Hall–Kier alpha value is 0.0599. The second-order valence-corrected chi connectivity index (χ2v) is 1.26. The number of halogens is 1. The van der Waals surface area contributed by atoms with E-state index in [9.17, 15) is 4.32 Å². The van der Waals surface area contributed by atoms with E-state index in [1.54, 1.807) is 14.0 Å². The van der Waals surface area contributed by atoms with Crippen LogP contribution in [0, 0.1) is 0 Å². The average molecular weight is 84.7 g/mol. The normalized spacial score (nSPS) is 7.83. The van der Waals surface area contributed by atoms with E-state index < -0.39 is 6.88 Å². The van der Waals surface area contributed by atoms with Gasteiger partial charge in [0.15, 0.2) is 0 Å². The van der Waals surface area contributed by atoms with Crippen molar-refractivity contribution < 1.29 is 4.32 Å². The molecular weight excluding hydrogens is 76.7 g/mol. The summed E-state index contributed by atoms with van der Waals surface area (Å²) in [5.74, 6) is 0. The van der Waals surface area contributed by atoms with Crippen LogP contribution in [-0.2, 0) is 0 Å². The van der Waals surface area contributed by atoms with Crippen LogP contribution in [0.5, 0.6) is 0 Å². The van der Waals surface area contributed by atoms with Gasteiger partial charge >= 0.3 is 6.88 Å². The largest absolute Gasteiger partial charge is 0.348 e. The third kappa shape index (κ3) is 2.31. The molecule has 0 aliphatic carbocycles. The predicted molar refractivity (Wildman–Crippen MR) is 29.0 cm³/mol. The van der Waals surface area contributed by atoms with Gasteiger partial charge in [-0.3, -0.25) is 0 Å². The van der Waals surface area contributed by atoms with E-state index in [4.69, 9.17) is 0 Å². The van der Waals surface area contributed by atoms with Crippen molar-refractivity contribution in [2.45, 2.75) is 20.1 Å².